The van der Waals surface area contributed by atoms with Crippen molar-refractivity contribution in [3.05, 3.63) is 29.8 Å². The van der Waals surface area contributed by atoms with Crippen molar-refractivity contribution in [1.82, 2.24) is 4.90 Å². The SMILES string of the molecule is CC=Cc1ccc(OCC(=O)N2CCC(CC(N)=O)CC2)c(OC)c1. The zero-order valence-corrected chi connectivity index (χ0v) is 14.9. The monoisotopic (exact) mass is 346 g/mol. The Morgan fingerprint density at radius 1 is 1.28 bits per heavy atom. The average molecular weight is 346 g/mol. The van der Waals surface area contributed by atoms with Gasteiger partial charge in [-0.1, -0.05) is 18.2 Å². The van der Waals surface area contributed by atoms with Crippen molar-refractivity contribution in [1.29, 1.82) is 0 Å². The van der Waals surface area contributed by atoms with Crippen LogP contribution < -0.4 is 15.2 Å². The van der Waals surface area contributed by atoms with E-state index in [1.807, 2.05) is 31.2 Å². The summed E-state index contributed by atoms with van der Waals surface area (Å²) in [5.41, 5.74) is 6.24. The van der Waals surface area contributed by atoms with Gasteiger partial charge in [-0.05, 0) is 43.4 Å². The van der Waals surface area contributed by atoms with Gasteiger partial charge in [-0.25, -0.2) is 0 Å². The number of methoxy groups -OCH3 is 1. The molecule has 0 saturated carbocycles. The van der Waals surface area contributed by atoms with Gasteiger partial charge >= 0.3 is 0 Å². The maximum atomic E-state index is 12.3. The Kier molecular flexibility index (Phi) is 6.86. The van der Waals surface area contributed by atoms with E-state index < -0.39 is 0 Å². The van der Waals surface area contributed by atoms with Crippen LogP contribution in [-0.4, -0.2) is 43.5 Å². The number of ether oxygens (including phenoxy) is 2. The van der Waals surface area contributed by atoms with Gasteiger partial charge in [-0.15, -0.1) is 0 Å². The molecule has 25 heavy (non-hydrogen) atoms. The Balaban J connectivity index is 1.87. The van der Waals surface area contributed by atoms with Crippen LogP contribution >= 0.6 is 0 Å². The number of carbonyl (C=O) groups excluding carboxylic acids is 2. The topological polar surface area (TPSA) is 81.9 Å². The molecule has 1 saturated heterocycles. The fourth-order valence-electron chi connectivity index (χ4n) is 3.00. The van der Waals surface area contributed by atoms with Gasteiger partial charge in [-0.3, -0.25) is 9.59 Å². The second-order valence-electron chi connectivity index (χ2n) is 6.19. The smallest absolute Gasteiger partial charge is 0.260 e. The largest absolute Gasteiger partial charge is 0.493 e. The number of hydrogen-bond acceptors (Lipinski definition) is 4. The molecule has 0 unspecified atom stereocenters. The van der Waals surface area contributed by atoms with E-state index >= 15 is 0 Å². The van der Waals surface area contributed by atoms with Gasteiger partial charge < -0.3 is 20.1 Å². The Morgan fingerprint density at radius 3 is 2.60 bits per heavy atom. The number of benzene rings is 1. The molecular formula is C19H26N2O4. The average Bonchev–Trinajstić information content (AvgIpc) is 2.60. The van der Waals surface area contributed by atoms with Crippen LogP contribution in [0.5, 0.6) is 11.5 Å². The standard InChI is InChI=1S/C19H26N2O4/c1-3-4-14-5-6-16(17(11-14)24-2)25-13-19(23)21-9-7-15(8-10-21)12-18(20)22/h3-6,11,15H,7-10,12-13H2,1-2H3,(H2,20,22). The first kappa shape index (κ1) is 18.8. The van der Waals surface area contributed by atoms with Crippen molar-refractivity contribution >= 4 is 17.9 Å². The fraction of sp³-hybridized carbons (Fsp3) is 0.474. The van der Waals surface area contributed by atoms with E-state index in [9.17, 15) is 9.59 Å². The Labute approximate surface area is 148 Å². The number of amides is 2. The van der Waals surface area contributed by atoms with E-state index in [0.29, 0.717) is 31.0 Å². The number of nitrogens with two attached hydrogens (primary N) is 1. The Bertz CT molecular complexity index is 634. The molecule has 1 fully saturated rings. The van der Waals surface area contributed by atoms with Crippen molar-refractivity contribution in [2.24, 2.45) is 11.7 Å². The molecule has 6 heteroatoms. The summed E-state index contributed by atoms with van der Waals surface area (Å²) < 4.78 is 11.0. The summed E-state index contributed by atoms with van der Waals surface area (Å²) in [6, 6.07) is 5.59. The summed E-state index contributed by atoms with van der Waals surface area (Å²) in [5, 5.41) is 0. The molecule has 1 aliphatic heterocycles. The predicted molar refractivity (Wildman–Crippen MR) is 96.3 cm³/mol. The van der Waals surface area contributed by atoms with E-state index in [-0.39, 0.29) is 24.3 Å². The molecule has 1 aliphatic rings. The first-order chi connectivity index (χ1) is 12.0. The van der Waals surface area contributed by atoms with Crippen LogP contribution in [-0.2, 0) is 9.59 Å². The fourth-order valence-corrected chi connectivity index (χ4v) is 3.00. The summed E-state index contributed by atoms with van der Waals surface area (Å²) in [7, 11) is 1.58. The summed E-state index contributed by atoms with van der Waals surface area (Å²) in [4.78, 5) is 25.1. The van der Waals surface area contributed by atoms with Crippen LogP contribution in [0.15, 0.2) is 24.3 Å². The highest BCUT2D eigenvalue weighted by molar-refractivity contribution is 5.78. The van der Waals surface area contributed by atoms with Gasteiger partial charge in [-0.2, -0.15) is 0 Å². The van der Waals surface area contributed by atoms with Crippen LogP contribution in [0.1, 0.15) is 31.7 Å². The van der Waals surface area contributed by atoms with E-state index in [1.165, 1.54) is 0 Å². The molecule has 0 radical (unpaired) electrons. The number of nitrogens with zero attached hydrogens (tertiary/aromatic N) is 1. The maximum Gasteiger partial charge on any atom is 0.260 e. The van der Waals surface area contributed by atoms with Gasteiger partial charge in [0.25, 0.3) is 5.91 Å². The summed E-state index contributed by atoms with van der Waals surface area (Å²) in [6.45, 7) is 3.19. The van der Waals surface area contributed by atoms with E-state index in [1.54, 1.807) is 18.1 Å². The van der Waals surface area contributed by atoms with Crippen molar-refractivity contribution in [2.45, 2.75) is 26.2 Å². The first-order valence-electron chi connectivity index (χ1n) is 8.53. The van der Waals surface area contributed by atoms with Gasteiger partial charge in [0.15, 0.2) is 18.1 Å². The van der Waals surface area contributed by atoms with Crippen LogP contribution in [0.2, 0.25) is 0 Å². The number of likely N-dealkylation sites (tertiary alicyclic amines) is 1. The molecule has 2 N–H and O–H groups in total. The summed E-state index contributed by atoms with van der Waals surface area (Å²) >= 11 is 0. The molecular weight excluding hydrogens is 320 g/mol. The van der Waals surface area contributed by atoms with Crippen LogP contribution in [0, 0.1) is 5.92 Å². The second-order valence-corrected chi connectivity index (χ2v) is 6.19. The van der Waals surface area contributed by atoms with Gasteiger partial charge in [0.1, 0.15) is 0 Å². The Morgan fingerprint density at radius 2 is 2.00 bits per heavy atom. The molecule has 0 aliphatic carbocycles. The maximum absolute atomic E-state index is 12.3. The molecule has 0 bridgehead atoms. The molecule has 136 valence electrons. The molecule has 1 aromatic carbocycles. The summed E-state index contributed by atoms with van der Waals surface area (Å²) in [5.74, 6) is 1.09. The third kappa shape index (κ3) is 5.52. The number of rotatable bonds is 7. The molecule has 2 amide bonds. The molecule has 1 aromatic rings. The highest BCUT2D eigenvalue weighted by atomic mass is 16.5. The third-order valence-corrected chi connectivity index (χ3v) is 4.36. The third-order valence-electron chi connectivity index (χ3n) is 4.36. The number of allylic oxidation sites excluding steroid dienone is 1. The highest BCUT2D eigenvalue weighted by Crippen LogP contribution is 2.29. The van der Waals surface area contributed by atoms with E-state index in [4.69, 9.17) is 15.2 Å². The van der Waals surface area contributed by atoms with Crippen molar-refractivity contribution in [3.8, 4) is 11.5 Å². The first-order valence-corrected chi connectivity index (χ1v) is 8.53. The predicted octanol–water partition coefficient (Wildman–Crippen LogP) is 2.22. The molecule has 0 atom stereocenters. The minimum absolute atomic E-state index is 0.0280. The van der Waals surface area contributed by atoms with Crippen molar-refractivity contribution in [3.63, 3.8) is 0 Å². The van der Waals surface area contributed by atoms with Crippen molar-refractivity contribution in [2.75, 3.05) is 26.8 Å². The van der Waals surface area contributed by atoms with Crippen LogP contribution in [0.3, 0.4) is 0 Å². The normalized spacial score (nSPS) is 15.4. The molecule has 2 rings (SSSR count). The molecule has 0 spiro atoms. The number of piperidine rings is 1. The zero-order chi connectivity index (χ0) is 18.2. The van der Waals surface area contributed by atoms with Crippen molar-refractivity contribution < 1.29 is 19.1 Å². The minimum atomic E-state index is -0.276. The number of primary amides is 1. The minimum Gasteiger partial charge on any atom is -0.493 e. The lowest BCUT2D eigenvalue weighted by Crippen LogP contribution is -2.41. The quantitative estimate of drug-likeness (QED) is 0.821. The lowest BCUT2D eigenvalue weighted by Gasteiger charge is -2.31. The highest BCUT2D eigenvalue weighted by Gasteiger charge is 2.24. The van der Waals surface area contributed by atoms with Gasteiger partial charge in [0.2, 0.25) is 5.91 Å². The zero-order valence-electron chi connectivity index (χ0n) is 14.9. The van der Waals surface area contributed by atoms with Gasteiger partial charge in [0.05, 0.1) is 7.11 Å². The molecule has 1 heterocycles. The molecule has 0 aromatic heterocycles. The Hall–Kier alpha value is -2.50. The lowest BCUT2D eigenvalue weighted by molar-refractivity contribution is -0.134. The van der Waals surface area contributed by atoms with E-state index in [0.717, 1.165) is 18.4 Å². The van der Waals surface area contributed by atoms with Gasteiger partial charge in [0, 0.05) is 19.5 Å². The van der Waals surface area contributed by atoms with E-state index in [2.05, 4.69) is 0 Å². The summed E-state index contributed by atoms with van der Waals surface area (Å²) in [6.07, 6.45) is 5.91. The molecule has 6 nitrogen and oxygen atoms in total. The lowest BCUT2D eigenvalue weighted by atomic mass is 9.93. The van der Waals surface area contributed by atoms with Crippen LogP contribution in [0.4, 0.5) is 0 Å². The number of carbonyl (C=O) groups is 2. The van der Waals surface area contributed by atoms with Crippen LogP contribution in [0.25, 0.3) is 6.08 Å². The number of hydrogen-bond donors (Lipinski definition) is 1. The second kappa shape index (κ2) is 9.11.